The van der Waals surface area contributed by atoms with E-state index in [0.29, 0.717) is 28.0 Å². The number of H-pyrrole nitrogens is 1. The van der Waals surface area contributed by atoms with Crippen LogP contribution >= 0.6 is 0 Å². The van der Waals surface area contributed by atoms with E-state index in [2.05, 4.69) is 30.0 Å². The number of aryl methyl sites for hydroxylation is 1. The van der Waals surface area contributed by atoms with E-state index in [4.69, 9.17) is 4.74 Å². The molecule has 5 rings (SSSR count). The number of fused-ring (bicyclic) bond motifs is 2. The van der Waals surface area contributed by atoms with Crippen LogP contribution in [0.5, 0.6) is 11.5 Å². The topological polar surface area (TPSA) is 115 Å². The summed E-state index contributed by atoms with van der Waals surface area (Å²) < 4.78 is 40.9. The minimum Gasteiger partial charge on any atom is -0.461 e. The van der Waals surface area contributed by atoms with Crippen molar-refractivity contribution in [1.82, 2.24) is 15.2 Å². The number of nitrogens with zero attached hydrogens (tertiary/aromatic N) is 2. The van der Waals surface area contributed by atoms with E-state index in [-0.39, 0.29) is 23.8 Å². The molecular formula is C27H24F2N4O5. The molecule has 3 heterocycles. The molecule has 196 valence electrons. The number of aromatic amines is 1. The fourth-order valence-corrected chi connectivity index (χ4v) is 4.15. The highest BCUT2D eigenvalue weighted by atomic mass is 19.3. The van der Waals surface area contributed by atoms with Gasteiger partial charge in [-0.15, -0.1) is 8.78 Å². The molecule has 0 unspecified atom stereocenters. The third-order valence-electron chi connectivity index (χ3n) is 6.33. The van der Waals surface area contributed by atoms with Crippen LogP contribution in [0.4, 0.5) is 14.6 Å². The third-order valence-corrected chi connectivity index (χ3v) is 6.33. The van der Waals surface area contributed by atoms with Crippen molar-refractivity contribution < 1.29 is 32.6 Å². The SMILES string of the molecule is CCOC(=O)c1n[nH]c2cc(-c3nc(NC(=O)C(C)(C)c4ccc5c(c4)OC(F)(F)O5)ccc3C)ccc12. The van der Waals surface area contributed by atoms with Crippen molar-refractivity contribution in [3.05, 3.63) is 65.4 Å². The number of ether oxygens (including phenoxy) is 3. The first-order valence-corrected chi connectivity index (χ1v) is 11.8. The Hall–Kier alpha value is -4.54. The second-order valence-electron chi connectivity index (χ2n) is 9.32. The van der Waals surface area contributed by atoms with Gasteiger partial charge in [0.25, 0.3) is 0 Å². The number of esters is 1. The van der Waals surface area contributed by atoms with Gasteiger partial charge in [-0.05, 0) is 69.2 Å². The van der Waals surface area contributed by atoms with Gasteiger partial charge < -0.3 is 19.5 Å². The molecule has 4 aromatic rings. The predicted molar refractivity (Wildman–Crippen MR) is 134 cm³/mol. The zero-order chi connectivity index (χ0) is 27.2. The quantitative estimate of drug-likeness (QED) is 0.328. The Kier molecular flexibility index (Phi) is 6.01. The van der Waals surface area contributed by atoms with Crippen LogP contribution in [0, 0.1) is 6.92 Å². The monoisotopic (exact) mass is 522 g/mol. The molecule has 0 aliphatic carbocycles. The Morgan fingerprint density at radius 2 is 1.84 bits per heavy atom. The maximum atomic E-state index is 13.4. The van der Waals surface area contributed by atoms with Crippen molar-refractivity contribution in [2.75, 3.05) is 11.9 Å². The second-order valence-corrected chi connectivity index (χ2v) is 9.32. The summed E-state index contributed by atoms with van der Waals surface area (Å²) in [6, 6.07) is 13.2. The van der Waals surface area contributed by atoms with E-state index in [1.807, 2.05) is 25.1 Å². The molecule has 38 heavy (non-hydrogen) atoms. The van der Waals surface area contributed by atoms with Crippen LogP contribution in [-0.2, 0) is 14.9 Å². The van der Waals surface area contributed by atoms with Gasteiger partial charge in [-0.25, -0.2) is 9.78 Å². The molecule has 11 heteroatoms. The van der Waals surface area contributed by atoms with Gasteiger partial charge in [0.2, 0.25) is 5.91 Å². The van der Waals surface area contributed by atoms with Crippen LogP contribution in [0.2, 0.25) is 0 Å². The normalized spacial score (nSPS) is 13.9. The molecule has 1 aliphatic rings. The Balaban J connectivity index is 1.40. The molecule has 0 radical (unpaired) electrons. The molecule has 0 bridgehead atoms. The smallest absolute Gasteiger partial charge is 0.461 e. The van der Waals surface area contributed by atoms with Crippen molar-refractivity contribution in [2.45, 2.75) is 39.4 Å². The number of pyridine rings is 1. The molecule has 2 N–H and O–H groups in total. The van der Waals surface area contributed by atoms with Crippen LogP contribution in [0.15, 0.2) is 48.5 Å². The molecule has 1 aliphatic heterocycles. The van der Waals surface area contributed by atoms with Crippen LogP contribution in [0.1, 0.15) is 42.4 Å². The largest absolute Gasteiger partial charge is 0.586 e. The van der Waals surface area contributed by atoms with Crippen molar-refractivity contribution in [3.63, 3.8) is 0 Å². The van der Waals surface area contributed by atoms with E-state index in [0.717, 1.165) is 11.1 Å². The fourth-order valence-electron chi connectivity index (χ4n) is 4.15. The summed E-state index contributed by atoms with van der Waals surface area (Å²) in [6.45, 7) is 7.19. The molecule has 0 atom stereocenters. The van der Waals surface area contributed by atoms with Gasteiger partial charge in [-0.3, -0.25) is 9.89 Å². The number of alkyl halides is 2. The summed E-state index contributed by atoms with van der Waals surface area (Å²) in [5, 5.41) is 10.4. The predicted octanol–water partition coefficient (Wildman–Crippen LogP) is 5.35. The molecule has 9 nitrogen and oxygen atoms in total. The number of carbonyl (C=O) groups is 2. The van der Waals surface area contributed by atoms with Crippen LogP contribution in [0.3, 0.4) is 0 Å². The lowest BCUT2D eigenvalue weighted by Crippen LogP contribution is -2.35. The van der Waals surface area contributed by atoms with Crippen molar-refractivity contribution in [3.8, 4) is 22.8 Å². The highest BCUT2D eigenvalue weighted by molar-refractivity contribution is 6.03. The molecule has 0 saturated carbocycles. The maximum absolute atomic E-state index is 13.4. The minimum atomic E-state index is -3.74. The number of halogens is 2. The summed E-state index contributed by atoms with van der Waals surface area (Å²) in [7, 11) is 0. The molecule has 2 aromatic carbocycles. The molecule has 0 fully saturated rings. The Morgan fingerprint density at radius 1 is 1.08 bits per heavy atom. The number of rotatable bonds is 6. The van der Waals surface area contributed by atoms with E-state index in [1.165, 1.54) is 12.1 Å². The lowest BCUT2D eigenvalue weighted by molar-refractivity contribution is -0.286. The number of carbonyl (C=O) groups excluding carboxylic acids is 2. The first-order chi connectivity index (χ1) is 18.0. The number of hydrogen-bond donors (Lipinski definition) is 2. The molecular weight excluding hydrogens is 498 g/mol. The average molecular weight is 523 g/mol. The summed E-state index contributed by atoms with van der Waals surface area (Å²) in [5.41, 5.74) is 2.43. The zero-order valence-electron chi connectivity index (χ0n) is 21.0. The standard InChI is InChI=1S/C27H24F2N4O5/c1-5-36-24(34)23-17-9-7-15(12-18(17)32-33-23)22-14(2)6-11-21(30-22)31-25(35)26(3,4)16-8-10-19-20(13-16)38-27(28,29)37-19/h6-13H,5H2,1-4H3,(H,32,33)(H,30,31,35). The lowest BCUT2D eigenvalue weighted by atomic mass is 9.83. The number of nitrogens with one attached hydrogen (secondary N) is 2. The highest BCUT2D eigenvalue weighted by Gasteiger charge is 2.44. The lowest BCUT2D eigenvalue weighted by Gasteiger charge is -2.24. The van der Waals surface area contributed by atoms with Crippen molar-refractivity contribution in [1.29, 1.82) is 0 Å². The zero-order valence-corrected chi connectivity index (χ0v) is 21.0. The third kappa shape index (κ3) is 4.51. The maximum Gasteiger partial charge on any atom is 0.586 e. The van der Waals surface area contributed by atoms with Gasteiger partial charge in [0.1, 0.15) is 5.82 Å². The highest BCUT2D eigenvalue weighted by Crippen LogP contribution is 2.43. The number of benzene rings is 2. The molecule has 2 aromatic heterocycles. The fraction of sp³-hybridized carbons (Fsp3) is 0.259. The van der Waals surface area contributed by atoms with Gasteiger partial charge in [-0.1, -0.05) is 18.2 Å². The Labute approximate surface area is 216 Å². The second kappa shape index (κ2) is 9.09. The van der Waals surface area contributed by atoms with Gasteiger partial charge in [0.15, 0.2) is 17.2 Å². The van der Waals surface area contributed by atoms with E-state index < -0.39 is 23.6 Å². The van der Waals surface area contributed by atoms with Crippen LogP contribution < -0.4 is 14.8 Å². The van der Waals surface area contributed by atoms with Gasteiger partial charge in [-0.2, -0.15) is 5.10 Å². The first kappa shape index (κ1) is 25.1. The van der Waals surface area contributed by atoms with Crippen LogP contribution in [0.25, 0.3) is 22.2 Å². The number of amides is 1. The van der Waals surface area contributed by atoms with Gasteiger partial charge in [0.05, 0.1) is 23.2 Å². The van der Waals surface area contributed by atoms with Gasteiger partial charge >= 0.3 is 12.3 Å². The molecule has 0 saturated heterocycles. The van der Waals surface area contributed by atoms with E-state index in [9.17, 15) is 18.4 Å². The number of anilines is 1. The Morgan fingerprint density at radius 3 is 2.61 bits per heavy atom. The number of aromatic nitrogens is 3. The van der Waals surface area contributed by atoms with E-state index in [1.54, 1.807) is 39.0 Å². The Bertz CT molecular complexity index is 1580. The summed E-state index contributed by atoms with van der Waals surface area (Å²) >= 11 is 0. The molecule has 1 amide bonds. The first-order valence-electron chi connectivity index (χ1n) is 11.8. The molecule has 0 spiro atoms. The summed E-state index contributed by atoms with van der Waals surface area (Å²) in [6.07, 6.45) is -3.74. The summed E-state index contributed by atoms with van der Waals surface area (Å²) in [4.78, 5) is 30.0. The van der Waals surface area contributed by atoms with E-state index >= 15 is 0 Å². The van der Waals surface area contributed by atoms with Gasteiger partial charge in [0, 0.05) is 10.9 Å². The average Bonchev–Trinajstić information content (AvgIpc) is 3.43. The van der Waals surface area contributed by atoms with Crippen molar-refractivity contribution >= 4 is 28.6 Å². The van der Waals surface area contributed by atoms with Crippen LogP contribution in [-0.4, -0.2) is 40.0 Å². The summed E-state index contributed by atoms with van der Waals surface area (Å²) in [5.74, 6) is -0.821. The number of hydrogen-bond acceptors (Lipinski definition) is 7. The van der Waals surface area contributed by atoms with Crippen molar-refractivity contribution in [2.24, 2.45) is 0 Å². The minimum absolute atomic E-state index is 0.0941.